The van der Waals surface area contributed by atoms with Crippen LogP contribution in [-0.2, 0) is 0 Å². The Morgan fingerprint density at radius 2 is 0.708 bits per heavy atom. The van der Waals surface area contributed by atoms with E-state index in [9.17, 15) is 0 Å². The van der Waals surface area contributed by atoms with Crippen LogP contribution in [0.3, 0.4) is 0 Å². The molecule has 0 aliphatic heterocycles. The lowest BCUT2D eigenvalue weighted by Crippen LogP contribution is -1.89. The highest BCUT2D eigenvalue weighted by atomic mass is 14.3. The van der Waals surface area contributed by atoms with Crippen molar-refractivity contribution in [2.45, 2.75) is 0 Å². The van der Waals surface area contributed by atoms with Gasteiger partial charge in [-0.25, -0.2) is 0 Å². The van der Waals surface area contributed by atoms with Crippen LogP contribution in [0.1, 0.15) is 0 Å². The first-order valence-corrected chi connectivity index (χ1v) is 16.9. The first-order valence-electron chi connectivity index (χ1n) is 16.9. The lowest BCUT2D eigenvalue weighted by molar-refractivity contribution is 1.68. The molecule has 218 valence electrons. The molecule has 0 heteroatoms. The number of rotatable bonds is 2. The highest BCUT2D eigenvalue weighted by molar-refractivity contribution is 6.42. The predicted octanol–water partition coefficient (Wildman–Crippen LogP) is 13.6. The molecule has 12 rings (SSSR count). The lowest BCUT2D eigenvalue weighted by Gasteiger charge is -2.17. The van der Waals surface area contributed by atoms with E-state index < -0.39 is 0 Å². The van der Waals surface area contributed by atoms with Gasteiger partial charge in [0.15, 0.2) is 0 Å². The summed E-state index contributed by atoms with van der Waals surface area (Å²) in [7, 11) is 0. The highest BCUT2D eigenvalue weighted by Gasteiger charge is 2.27. The van der Waals surface area contributed by atoms with E-state index in [2.05, 4.69) is 158 Å². The maximum Gasteiger partial charge on any atom is -0.000741 e. The highest BCUT2D eigenvalue weighted by Crippen LogP contribution is 2.55. The summed E-state index contributed by atoms with van der Waals surface area (Å²) in [5, 5.41) is 18.8. The van der Waals surface area contributed by atoms with E-state index in [0.29, 0.717) is 0 Å². The quantitative estimate of drug-likeness (QED) is 0.185. The third kappa shape index (κ3) is 2.93. The SMILES string of the molecule is c1ccc(-c2c3cc4c(cc3c(-c3ccccc3)c3c5cccc6cccc(c23)c65)c2ccc3c5c(ccc4c52)-c2ccccc2-3)cc1. The fourth-order valence-electron chi connectivity index (χ4n) is 9.43. The monoisotopic (exact) mass is 602 g/mol. The van der Waals surface area contributed by atoms with E-state index in [1.165, 1.54) is 120 Å². The Morgan fingerprint density at radius 3 is 1.21 bits per heavy atom. The van der Waals surface area contributed by atoms with Crippen molar-refractivity contribution in [3.63, 3.8) is 0 Å². The van der Waals surface area contributed by atoms with E-state index in [0.717, 1.165) is 0 Å². The van der Waals surface area contributed by atoms with Gasteiger partial charge < -0.3 is 0 Å². The number of hydrogen-bond acceptors (Lipinski definition) is 0. The van der Waals surface area contributed by atoms with Crippen LogP contribution in [0.2, 0.25) is 0 Å². The summed E-state index contributed by atoms with van der Waals surface area (Å²) in [4.78, 5) is 0. The maximum absolute atomic E-state index is 2.53. The molecule has 48 heavy (non-hydrogen) atoms. The molecule has 0 N–H and O–H groups in total. The van der Waals surface area contributed by atoms with E-state index in [4.69, 9.17) is 0 Å². The van der Waals surface area contributed by atoms with Crippen molar-refractivity contribution in [3.05, 3.63) is 158 Å². The van der Waals surface area contributed by atoms with Crippen LogP contribution in [-0.4, -0.2) is 0 Å². The van der Waals surface area contributed by atoms with Gasteiger partial charge in [-0.05, 0) is 132 Å². The van der Waals surface area contributed by atoms with Crippen LogP contribution >= 0.6 is 0 Å². The molecule has 0 heterocycles. The van der Waals surface area contributed by atoms with Gasteiger partial charge in [0.25, 0.3) is 0 Å². The van der Waals surface area contributed by atoms with E-state index in [-0.39, 0.29) is 0 Å². The zero-order valence-corrected chi connectivity index (χ0v) is 26.0. The summed E-state index contributed by atoms with van der Waals surface area (Å²) in [6.07, 6.45) is 0. The summed E-state index contributed by atoms with van der Waals surface area (Å²) >= 11 is 0. The standard InChI is InChI=1S/C48H26/c1-3-11-28(12-4-1)43-40-25-38-34-23-21-32-30-17-7-8-18-31(30)33-22-24-35(46(34)45(32)33)39(38)26-41(40)44(29-13-5-2-6-14-29)48-37-20-10-16-27-15-9-19-36(42(27)37)47(43)48/h1-26H. The summed E-state index contributed by atoms with van der Waals surface area (Å²) in [6, 6.07) is 59.3. The second kappa shape index (κ2) is 8.76. The largest absolute Gasteiger partial charge is 0.0622 e. The molecule has 0 spiro atoms. The Labute approximate surface area is 276 Å². The zero-order valence-electron chi connectivity index (χ0n) is 26.0. The molecule has 0 fully saturated rings. The third-order valence-corrected chi connectivity index (χ3v) is 11.3. The first kappa shape index (κ1) is 24.9. The topological polar surface area (TPSA) is 0 Å². The number of fused-ring (bicyclic) bond motifs is 10. The average molecular weight is 603 g/mol. The van der Waals surface area contributed by atoms with Crippen LogP contribution in [0, 0.1) is 0 Å². The van der Waals surface area contributed by atoms with Gasteiger partial charge in [0.1, 0.15) is 0 Å². The van der Waals surface area contributed by atoms with Gasteiger partial charge in [-0.15, -0.1) is 0 Å². The molecule has 0 amide bonds. The van der Waals surface area contributed by atoms with Gasteiger partial charge in [-0.1, -0.05) is 146 Å². The van der Waals surface area contributed by atoms with E-state index >= 15 is 0 Å². The molecular weight excluding hydrogens is 577 g/mol. The summed E-state index contributed by atoms with van der Waals surface area (Å²) in [5.41, 5.74) is 10.6. The summed E-state index contributed by atoms with van der Waals surface area (Å²) in [6.45, 7) is 0. The predicted molar refractivity (Wildman–Crippen MR) is 207 cm³/mol. The Morgan fingerprint density at radius 1 is 0.229 bits per heavy atom. The number of benzene rings is 9. The fraction of sp³-hybridized carbons (Fsp3) is 0. The molecule has 11 aromatic rings. The van der Waals surface area contributed by atoms with Crippen LogP contribution in [0.5, 0.6) is 0 Å². The summed E-state index contributed by atoms with van der Waals surface area (Å²) < 4.78 is 0. The molecule has 0 nitrogen and oxygen atoms in total. The van der Waals surface area contributed by atoms with Crippen molar-refractivity contribution in [2.75, 3.05) is 0 Å². The van der Waals surface area contributed by atoms with Crippen LogP contribution in [0.15, 0.2) is 158 Å². The molecule has 0 radical (unpaired) electrons. The molecule has 1 aliphatic carbocycles. The maximum atomic E-state index is 2.53. The van der Waals surface area contributed by atoms with Crippen molar-refractivity contribution in [1.29, 1.82) is 0 Å². The van der Waals surface area contributed by atoms with Crippen molar-refractivity contribution < 1.29 is 0 Å². The molecule has 0 saturated carbocycles. The minimum Gasteiger partial charge on any atom is -0.0622 e. The van der Waals surface area contributed by atoms with Gasteiger partial charge in [0.05, 0.1) is 0 Å². The Balaban J connectivity index is 1.36. The van der Waals surface area contributed by atoms with Gasteiger partial charge in [0, 0.05) is 0 Å². The fourth-order valence-corrected chi connectivity index (χ4v) is 9.43. The minimum atomic E-state index is 1.26. The average Bonchev–Trinajstić information content (AvgIpc) is 3.77. The van der Waals surface area contributed by atoms with E-state index in [1.54, 1.807) is 0 Å². The molecular formula is C48H26. The molecule has 11 aromatic carbocycles. The van der Waals surface area contributed by atoms with Crippen molar-refractivity contribution in [2.24, 2.45) is 0 Å². The first-order chi connectivity index (χ1) is 23.8. The molecule has 0 unspecified atom stereocenters. The van der Waals surface area contributed by atoms with Gasteiger partial charge in [0.2, 0.25) is 0 Å². The van der Waals surface area contributed by atoms with Gasteiger partial charge >= 0.3 is 0 Å². The molecule has 0 atom stereocenters. The zero-order chi connectivity index (χ0) is 31.1. The molecule has 1 aliphatic rings. The van der Waals surface area contributed by atoms with Crippen LogP contribution in [0.4, 0.5) is 0 Å². The van der Waals surface area contributed by atoms with Crippen LogP contribution in [0.25, 0.3) is 120 Å². The lowest BCUT2D eigenvalue weighted by atomic mass is 9.85. The normalized spacial score (nSPS) is 12.6. The smallest absolute Gasteiger partial charge is 0.000741 e. The van der Waals surface area contributed by atoms with Gasteiger partial charge in [-0.3, -0.25) is 0 Å². The minimum absolute atomic E-state index is 1.26. The van der Waals surface area contributed by atoms with E-state index in [1.807, 2.05) is 0 Å². The second-order valence-electron chi connectivity index (χ2n) is 13.5. The molecule has 0 saturated heterocycles. The Hall–Kier alpha value is -6.24. The Bertz CT molecular complexity index is 2930. The molecule has 0 aromatic heterocycles. The number of hydrogen-bond donors (Lipinski definition) is 0. The third-order valence-electron chi connectivity index (χ3n) is 11.3. The van der Waals surface area contributed by atoms with Crippen molar-refractivity contribution >= 4 is 75.4 Å². The molecule has 0 bridgehead atoms. The summed E-state index contributed by atoms with van der Waals surface area (Å²) in [5.74, 6) is 0. The van der Waals surface area contributed by atoms with Crippen molar-refractivity contribution in [1.82, 2.24) is 0 Å². The van der Waals surface area contributed by atoms with Crippen LogP contribution < -0.4 is 0 Å². The second-order valence-corrected chi connectivity index (χ2v) is 13.5. The Kier molecular flexibility index (Phi) is 4.55. The van der Waals surface area contributed by atoms with Gasteiger partial charge in [-0.2, -0.15) is 0 Å². The van der Waals surface area contributed by atoms with Crippen molar-refractivity contribution in [3.8, 4) is 44.5 Å².